The number of rotatable bonds is 14. The lowest BCUT2D eigenvalue weighted by atomic mass is 10.6. The van der Waals surface area contributed by atoms with Gasteiger partial charge in [-0.3, -0.25) is 9.59 Å². The highest BCUT2D eigenvalue weighted by molar-refractivity contribution is 7.40. The molecule has 1 N–H and O–H groups in total. The molecule has 1 unspecified atom stereocenters. The number of ether oxygens (including phenoxy) is 4. The molecule has 0 aliphatic carbocycles. The first-order chi connectivity index (χ1) is 10.6. The molecule has 0 bridgehead atoms. The second-order valence-electron chi connectivity index (χ2n) is 3.84. The second kappa shape index (κ2) is 20.4. The molecular weight excluding hydrogens is 309 g/mol. The highest BCUT2D eigenvalue weighted by Crippen LogP contribution is 1.87. The summed E-state index contributed by atoms with van der Waals surface area (Å²) >= 11 is 0. The van der Waals surface area contributed by atoms with Crippen molar-refractivity contribution in [3.63, 3.8) is 0 Å². The summed E-state index contributed by atoms with van der Waals surface area (Å²) in [4.78, 5) is 21.1. The van der Waals surface area contributed by atoms with Gasteiger partial charge in [-0.25, -0.2) is 0 Å². The fourth-order valence-corrected chi connectivity index (χ4v) is 1.25. The van der Waals surface area contributed by atoms with E-state index in [0.717, 1.165) is 0 Å². The van der Waals surface area contributed by atoms with Crippen LogP contribution < -0.4 is 5.32 Å². The van der Waals surface area contributed by atoms with Crippen molar-refractivity contribution >= 4 is 20.7 Å². The Kier molecular flexibility index (Phi) is 22.0. The van der Waals surface area contributed by atoms with Crippen LogP contribution in [-0.4, -0.2) is 70.8 Å². The normalized spacial score (nSPS) is 9.82. The summed E-state index contributed by atoms with van der Waals surface area (Å²) in [6, 6.07) is 0. The van der Waals surface area contributed by atoms with Crippen LogP contribution in [-0.2, 0) is 28.5 Å². The minimum atomic E-state index is -0.0770. The summed E-state index contributed by atoms with van der Waals surface area (Å²) in [6.45, 7) is 9.32. The van der Waals surface area contributed by atoms with Crippen molar-refractivity contribution in [1.29, 1.82) is 0 Å². The Morgan fingerprint density at radius 2 is 1.23 bits per heavy atom. The third kappa shape index (κ3) is 24.4. The van der Waals surface area contributed by atoms with Gasteiger partial charge in [-0.05, 0) is 0 Å². The van der Waals surface area contributed by atoms with Gasteiger partial charge in [0, 0.05) is 13.5 Å². The van der Waals surface area contributed by atoms with Gasteiger partial charge in [0.1, 0.15) is 6.61 Å². The SMILES string of the molecule is CC.CC(=O)NCCOCCOCCOCCOCC(=O)P. The molecule has 0 saturated carbocycles. The number of hydrogen-bond acceptors (Lipinski definition) is 6. The Morgan fingerprint density at radius 3 is 1.64 bits per heavy atom. The van der Waals surface area contributed by atoms with Crippen molar-refractivity contribution in [3.05, 3.63) is 0 Å². The average Bonchev–Trinajstić information content (AvgIpc) is 2.49. The first-order valence-electron chi connectivity index (χ1n) is 7.46. The summed E-state index contributed by atoms with van der Waals surface area (Å²) in [5.74, 6) is -0.0620. The Bertz CT molecular complexity index is 240. The predicted octanol–water partition coefficient (Wildman–Crippen LogP) is 0.617. The molecule has 0 rings (SSSR count). The van der Waals surface area contributed by atoms with Crippen LogP contribution in [0.4, 0.5) is 0 Å². The quantitative estimate of drug-likeness (QED) is 0.369. The van der Waals surface area contributed by atoms with E-state index in [2.05, 4.69) is 5.32 Å². The Hall–Kier alpha value is -0.590. The summed E-state index contributed by atoms with van der Waals surface area (Å²) in [6.07, 6.45) is 0. The van der Waals surface area contributed by atoms with Gasteiger partial charge in [0.2, 0.25) is 5.91 Å². The van der Waals surface area contributed by atoms with E-state index < -0.39 is 0 Å². The largest absolute Gasteiger partial charge is 0.377 e. The number of carbonyl (C=O) groups is 2. The van der Waals surface area contributed by atoms with Gasteiger partial charge in [-0.15, -0.1) is 0 Å². The standard InChI is InChI=1S/C12H24NO6P.C2H6/c1-11(14)13-2-3-16-4-5-17-6-7-18-8-9-19-10-12(15)20;1-2/h2-10,20H2,1H3,(H,13,14);1-2H3. The minimum Gasteiger partial charge on any atom is -0.377 e. The third-order valence-electron chi connectivity index (χ3n) is 1.98. The lowest BCUT2D eigenvalue weighted by Crippen LogP contribution is -2.25. The summed E-state index contributed by atoms with van der Waals surface area (Å²) in [5.41, 5.74) is -0.0770. The van der Waals surface area contributed by atoms with Crippen LogP contribution in [0, 0.1) is 0 Å². The van der Waals surface area contributed by atoms with Crippen LogP contribution in [0.25, 0.3) is 0 Å². The van der Waals surface area contributed by atoms with Gasteiger partial charge in [0.05, 0.1) is 46.2 Å². The van der Waals surface area contributed by atoms with Crippen LogP contribution in [0.5, 0.6) is 0 Å². The van der Waals surface area contributed by atoms with Crippen LogP contribution in [0.15, 0.2) is 0 Å². The van der Waals surface area contributed by atoms with Gasteiger partial charge < -0.3 is 24.3 Å². The Labute approximate surface area is 135 Å². The second-order valence-corrected chi connectivity index (χ2v) is 4.48. The van der Waals surface area contributed by atoms with Crippen LogP contribution in [0.2, 0.25) is 0 Å². The number of nitrogens with one attached hydrogen (secondary N) is 1. The molecule has 0 saturated heterocycles. The molecular formula is C14H30NO6P. The number of carbonyl (C=O) groups excluding carboxylic acids is 2. The summed E-state index contributed by atoms with van der Waals surface area (Å²) < 4.78 is 20.7. The number of hydrogen-bond donors (Lipinski definition) is 1. The van der Waals surface area contributed by atoms with E-state index >= 15 is 0 Å². The molecule has 7 nitrogen and oxygen atoms in total. The average molecular weight is 339 g/mol. The monoisotopic (exact) mass is 339 g/mol. The zero-order valence-electron chi connectivity index (χ0n) is 13.9. The van der Waals surface area contributed by atoms with Crippen LogP contribution >= 0.6 is 9.24 Å². The van der Waals surface area contributed by atoms with Crippen LogP contribution in [0.3, 0.4) is 0 Å². The molecule has 0 heterocycles. The topological polar surface area (TPSA) is 83.1 Å². The molecule has 8 heteroatoms. The molecule has 0 aromatic rings. The highest BCUT2D eigenvalue weighted by Gasteiger charge is 1.95. The van der Waals surface area contributed by atoms with Gasteiger partial charge in [0.25, 0.3) is 0 Å². The molecule has 0 aromatic carbocycles. The number of amides is 1. The molecule has 0 fully saturated rings. The van der Waals surface area contributed by atoms with Crippen molar-refractivity contribution in [2.24, 2.45) is 0 Å². The maximum absolute atomic E-state index is 10.5. The highest BCUT2D eigenvalue weighted by atomic mass is 31.0. The smallest absolute Gasteiger partial charge is 0.216 e. The van der Waals surface area contributed by atoms with Gasteiger partial charge in [0.15, 0.2) is 5.52 Å². The molecule has 132 valence electrons. The first-order valence-corrected chi connectivity index (χ1v) is 8.04. The Morgan fingerprint density at radius 1 is 0.818 bits per heavy atom. The molecule has 0 radical (unpaired) electrons. The third-order valence-corrected chi connectivity index (χ3v) is 2.15. The van der Waals surface area contributed by atoms with Crippen LogP contribution in [0.1, 0.15) is 20.8 Å². The summed E-state index contributed by atoms with van der Waals surface area (Å²) in [7, 11) is 2.05. The lowest BCUT2D eigenvalue weighted by Gasteiger charge is -2.07. The minimum absolute atomic E-state index is 0.0620. The maximum atomic E-state index is 10.5. The maximum Gasteiger partial charge on any atom is 0.216 e. The van der Waals surface area contributed by atoms with E-state index in [-0.39, 0.29) is 18.0 Å². The van der Waals surface area contributed by atoms with E-state index in [0.29, 0.717) is 52.8 Å². The van der Waals surface area contributed by atoms with Crippen molar-refractivity contribution in [2.75, 3.05) is 59.4 Å². The molecule has 0 aromatic heterocycles. The van der Waals surface area contributed by atoms with E-state index in [1.807, 2.05) is 23.1 Å². The fraction of sp³-hybridized carbons (Fsp3) is 0.857. The first kappa shape index (κ1) is 23.7. The van der Waals surface area contributed by atoms with Crippen molar-refractivity contribution < 1.29 is 28.5 Å². The van der Waals surface area contributed by atoms with Gasteiger partial charge in [-0.1, -0.05) is 23.1 Å². The fourth-order valence-electron chi connectivity index (χ4n) is 1.13. The molecule has 0 spiro atoms. The van der Waals surface area contributed by atoms with Crippen molar-refractivity contribution in [3.8, 4) is 0 Å². The zero-order chi connectivity index (χ0) is 17.1. The molecule has 0 aliphatic rings. The van der Waals surface area contributed by atoms with E-state index in [1.54, 1.807) is 0 Å². The van der Waals surface area contributed by atoms with Crippen molar-refractivity contribution in [1.82, 2.24) is 5.32 Å². The van der Waals surface area contributed by atoms with Gasteiger partial charge >= 0.3 is 0 Å². The van der Waals surface area contributed by atoms with E-state index in [4.69, 9.17) is 18.9 Å². The lowest BCUT2D eigenvalue weighted by molar-refractivity contribution is -0.119. The summed E-state index contributed by atoms with van der Waals surface area (Å²) in [5, 5.41) is 2.63. The van der Waals surface area contributed by atoms with E-state index in [9.17, 15) is 9.59 Å². The predicted molar refractivity (Wildman–Crippen MR) is 88.0 cm³/mol. The molecule has 1 atom stereocenters. The van der Waals surface area contributed by atoms with E-state index in [1.165, 1.54) is 6.92 Å². The van der Waals surface area contributed by atoms with Crippen molar-refractivity contribution in [2.45, 2.75) is 20.8 Å². The zero-order valence-corrected chi connectivity index (χ0v) is 15.0. The molecule has 1 amide bonds. The Balaban J connectivity index is 0. The molecule has 0 aliphatic heterocycles. The van der Waals surface area contributed by atoms with Gasteiger partial charge in [-0.2, -0.15) is 0 Å². The molecule has 22 heavy (non-hydrogen) atoms.